The maximum Gasteiger partial charge on any atom is 0.223 e. The van der Waals surface area contributed by atoms with E-state index in [0.717, 1.165) is 12.0 Å². The molecule has 3 atom stereocenters. The lowest BCUT2D eigenvalue weighted by Crippen LogP contribution is -2.45. The first-order valence-electron chi connectivity index (χ1n) is 10.1. The largest absolute Gasteiger partial charge is 0.351 e. The molecule has 152 valence electrons. The molecule has 2 saturated heterocycles. The van der Waals surface area contributed by atoms with Gasteiger partial charge in [0.2, 0.25) is 11.8 Å². The molecule has 0 unspecified atom stereocenters. The van der Waals surface area contributed by atoms with Gasteiger partial charge in [-0.15, -0.1) is 0 Å². The molecule has 0 bridgehead atoms. The van der Waals surface area contributed by atoms with Crippen molar-refractivity contribution < 1.29 is 18.4 Å². The standard InChI is InChI=1S/C23H24F2N2O2/c24-16-11-8-15(9-12-16)10-13-23(29)27-20-6-3-7-22(28)26-19(20)14-21(27)17-4-1-2-5-18(17)25/h1-2,4-5,8-9,11-12,19-21H,3,6-7,10,13-14H2,(H,26,28)/t19-,20+,21+/m1/s1. The Balaban J connectivity index is 1.58. The molecule has 1 N–H and O–H groups in total. The fourth-order valence-corrected chi connectivity index (χ4v) is 4.59. The number of likely N-dealkylation sites (tertiary alicyclic amines) is 1. The zero-order valence-corrected chi connectivity index (χ0v) is 16.1. The number of rotatable bonds is 4. The summed E-state index contributed by atoms with van der Waals surface area (Å²) >= 11 is 0. The number of nitrogens with one attached hydrogen (secondary N) is 1. The number of carbonyl (C=O) groups is 2. The maximum absolute atomic E-state index is 14.5. The normalized spacial score (nSPS) is 24.0. The van der Waals surface area contributed by atoms with Crippen molar-refractivity contribution >= 4 is 11.8 Å². The molecule has 0 spiro atoms. The van der Waals surface area contributed by atoms with E-state index in [-0.39, 0.29) is 42.0 Å². The molecule has 6 heteroatoms. The highest BCUT2D eigenvalue weighted by atomic mass is 19.1. The topological polar surface area (TPSA) is 49.4 Å². The highest BCUT2D eigenvalue weighted by Gasteiger charge is 2.45. The zero-order valence-electron chi connectivity index (χ0n) is 16.1. The maximum atomic E-state index is 14.5. The van der Waals surface area contributed by atoms with Gasteiger partial charge in [0, 0.05) is 18.4 Å². The summed E-state index contributed by atoms with van der Waals surface area (Å²) in [7, 11) is 0. The molecular weight excluding hydrogens is 374 g/mol. The van der Waals surface area contributed by atoms with Crippen LogP contribution < -0.4 is 5.32 Å². The van der Waals surface area contributed by atoms with Gasteiger partial charge in [-0.25, -0.2) is 8.78 Å². The Morgan fingerprint density at radius 1 is 1.10 bits per heavy atom. The molecule has 0 radical (unpaired) electrons. The van der Waals surface area contributed by atoms with E-state index in [0.29, 0.717) is 31.2 Å². The number of fused-ring (bicyclic) bond motifs is 1. The molecule has 2 heterocycles. The van der Waals surface area contributed by atoms with Crippen molar-refractivity contribution in [2.45, 2.75) is 56.7 Å². The van der Waals surface area contributed by atoms with E-state index < -0.39 is 6.04 Å². The average molecular weight is 398 g/mol. The van der Waals surface area contributed by atoms with Crippen molar-refractivity contribution in [2.24, 2.45) is 0 Å². The molecule has 2 aromatic rings. The van der Waals surface area contributed by atoms with Gasteiger partial charge in [-0.1, -0.05) is 30.3 Å². The molecular formula is C23H24F2N2O2. The van der Waals surface area contributed by atoms with E-state index in [4.69, 9.17) is 0 Å². The first-order valence-corrected chi connectivity index (χ1v) is 10.1. The molecule has 4 nitrogen and oxygen atoms in total. The summed E-state index contributed by atoms with van der Waals surface area (Å²) in [4.78, 5) is 27.1. The van der Waals surface area contributed by atoms with Gasteiger partial charge in [0.25, 0.3) is 0 Å². The molecule has 2 aromatic carbocycles. The second-order valence-electron chi connectivity index (χ2n) is 7.83. The smallest absolute Gasteiger partial charge is 0.223 e. The van der Waals surface area contributed by atoms with Gasteiger partial charge in [0.15, 0.2) is 0 Å². The van der Waals surface area contributed by atoms with Crippen LogP contribution in [0.2, 0.25) is 0 Å². The fraction of sp³-hybridized carbons (Fsp3) is 0.391. The van der Waals surface area contributed by atoms with Gasteiger partial charge in [-0.2, -0.15) is 0 Å². The molecule has 2 aliphatic rings. The van der Waals surface area contributed by atoms with E-state index in [1.165, 1.54) is 18.2 Å². The average Bonchev–Trinajstić information content (AvgIpc) is 2.95. The molecule has 0 aromatic heterocycles. The summed E-state index contributed by atoms with van der Waals surface area (Å²) in [6, 6.07) is 12.0. The summed E-state index contributed by atoms with van der Waals surface area (Å²) in [5.41, 5.74) is 1.37. The van der Waals surface area contributed by atoms with Crippen molar-refractivity contribution in [3.05, 3.63) is 71.3 Å². The molecule has 2 amide bonds. The molecule has 2 fully saturated rings. The highest BCUT2D eigenvalue weighted by Crippen LogP contribution is 2.40. The van der Waals surface area contributed by atoms with Crippen LogP contribution in [0, 0.1) is 11.6 Å². The third kappa shape index (κ3) is 4.16. The first-order chi connectivity index (χ1) is 14.0. The van der Waals surface area contributed by atoms with Crippen LogP contribution in [0.5, 0.6) is 0 Å². The van der Waals surface area contributed by atoms with Crippen LogP contribution in [0.25, 0.3) is 0 Å². The number of nitrogens with zero attached hydrogens (tertiary/aromatic N) is 1. The number of amides is 2. The Labute approximate surface area is 168 Å². The second-order valence-corrected chi connectivity index (χ2v) is 7.83. The molecule has 2 aliphatic heterocycles. The molecule has 0 saturated carbocycles. The molecule has 4 rings (SSSR count). The van der Waals surface area contributed by atoms with Gasteiger partial charge in [-0.3, -0.25) is 9.59 Å². The SMILES string of the molecule is O=C1CCC[C@H]2[C@@H](C[C@@H](c3ccccc3F)N2C(=O)CCc2ccc(F)cc2)N1. The Morgan fingerprint density at radius 3 is 2.62 bits per heavy atom. The number of hydrogen-bond acceptors (Lipinski definition) is 2. The first kappa shape index (κ1) is 19.6. The minimum Gasteiger partial charge on any atom is -0.351 e. The van der Waals surface area contributed by atoms with Crippen molar-refractivity contribution in [1.82, 2.24) is 10.2 Å². The third-order valence-electron chi connectivity index (χ3n) is 5.98. The van der Waals surface area contributed by atoms with Crippen LogP contribution in [-0.4, -0.2) is 28.8 Å². The Hall–Kier alpha value is -2.76. The van der Waals surface area contributed by atoms with E-state index in [1.807, 2.05) is 0 Å². The number of aryl methyl sites for hydroxylation is 1. The highest BCUT2D eigenvalue weighted by molar-refractivity contribution is 5.80. The molecule has 0 aliphatic carbocycles. The number of carbonyl (C=O) groups excluding carboxylic acids is 2. The summed E-state index contributed by atoms with van der Waals surface area (Å²) < 4.78 is 27.7. The lowest BCUT2D eigenvalue weighted by molar-refractivity contribution is -0.134. The lowest BCUT2D eigenvalue weighted by Gasteiger charge is -2.31. The van der Waals surface area contributed by atoms with Crippen molar-refractivity contribution in [2.75, 3.05) is 0 Å². The van der Waals surface area contributed by atoms with Crippen molar-refractivity contribution in [1.29, 1.82) is 0 Å². The van der Waals surface area contributed by atoms with Crippen LogP contribution in [0.15, 0.2) is 48.5 Å². The van der Waals surface area contributed by atoms with Crippen molar-refractivity contribution in [3.8, 4) is 0 Å². The monoisotopic (exact) mass is 398 g/mol. The quantitative estimate of drug-likeness (QED) is 0.849. The van der Waals surface area contributed by atoms with Gasteiger partial charge < -0.3 is 10.2 Å². The van der Waals surface area contributed by atoms with Crippen LogP contribution in [-0.2, 0) is 16.0 Å². The second kappa shape index (κ2) is 8.31. The fourth-order valence-electron chi connectivity index (χ4n) is 4.59. The minimum atomic E-state index is -0.398. The number of halogens is 2. The van der Waals surface area contributed by atoms with Crippen LogP contribution in [0.3, 0.4) is 0 Å². The predicted octanol–water partition coefficient (Wildman–Crippen LogP) is 3.91. The lowest BCUT2D eigenvalue weighted by atomic mass is 10.0. The van der Waals surface area contributed by atoms with Gasteiger partial charge >= 0.3 is 0 Å². The Morgan fingerprint density at radius 2 is 1.86 bits per heavy atom. The number of benzene rings is 2. The van der Waals surface area contributed by atoms with Crippen LogP contribution >= 0.6 is 0 Å². The summed E-state index contributed by atoms with van der Waals surface area (Å²) in [6.45, 7) is 0. The zero-order chi connectivity index (χ0) is 20.4. The Kier molecular flexibility index (Phi) is 5.60. The third-order valence-corrected chi connectivity index (χ3v) is 5.98. The predicted molar refractivity (Wildman–Crippen MR) is 105 cm³/mol. The number of hydrogen-bond donors (Lipinski definition) is 1. The van der Waals surface area contributed by atoms with Gasteiger partial charge in [0.1, 0.15) is 11.6 Å². The van der Waals surface area contributed by atoms with E-state index in [1.54, 1.807) is 35.2 Å². The van der Waals surface area contributed by atoms with Crippen LogP contribution in [0.4, 0.5) is 8.78 Å². The van der Waals surface area contributed by atoms with E-state index >= 15 is 0 Å². The summed E-state index contributed by atoms with van der Waals surface area (Å²) in [5.74, 6) is -0.718. The molecule has 29 heavy (non-hydrogen) atoms. The van der Waals surface area contributed by atoms with E-state index in [9.17, 15) is 18.4 Å². The van der Waals surface area contributed by atoms with Crippen LogP contribution in [0.1, 0.15) is 49.3 Å². The Bertz CT molecular complexity index is 900. The van der Waals surface area contributed by atoms with Gasteiger partial charge in [0.05, 0.1) is 18.1 Å². The summed E-state index contributed by atoms with van der Waals surface area (Å²) in [5, 5.41) is 3.03. The van der Waals surface area contributed by atoms with E-state index in [2.05, 4.69) is 5.32 Å². The summed E-state index contributed by atoms with van der Waals surface area (Å²) in [6.07, 6.45) is 3.14. The van der Waals surface area contributed by atoms with Crippen molar-refractivity contribution in [3.63, 3.8) is 0 Å². The van der Waals surface area contributed by atoms with Gasteiger partial charge in [-0.05, 0) is 49.4 Å². The minimum absolute atomic E-state index is 0.00889.